The first-order valence-electron chi connectivity index (χ1n) is 7.81. The van der Waals surface area contributed by atoms with Gasteiger partial charge in [-0.3, -0.25) is 5.01 Å². The van der Waals surface area contributed by atoms with Crippen molar-refractivity contribution in [2.45, 2.75) is 25.4 Å². The average molecular weight is 309 g/mol. The Morgan fingerprint density at radius 2 is 1.87 bits per heavy atom. The van der Waals surface area contributed by atoms with E-state index < -0.39 is 0 Å². The highest BCUT2D eigenvalue weighted by atomic mass is 16.5. The van der Waals surface area contributed by atoms with E-state index in [4.69, 9.17) is 10.5 Å². The minimum absolute atomic E-state index is 0.0598. The largest absolute Gasteiger partial charge is 0.496 e. The van der Waals surface area contributed by atoms with Gasteiger partial charge in [-0.1, -0.05) is 56.3 Å². The molecular weight excluding hydrogens is 286 g/mol. The smallest absolute Gasteiger partial charge is 0.126 e. The Kier molecular flexibility index (Phi) is 4.09. The van der Waals surface area contributed by atoms with E-state index in [1.165, 1.54) is 5.56 Å². The molecule has 2 N–H and O–H groups in total. The van der Waals surface area contributed by atoms with Gasteiger partial charge in [0, 0.05) is 23.1 Å². The van der Waals surface area contributed by atoms with Gasteiger partial charge >= 0.3 is 0 Å². The van der Waals surface area contributed by atoms with Gasteiger partial charge in [-0.15, -0.1) is 0 Å². The first kappa shape index (κ1) is 15.6. The summed E-state index contributed by atoms with van der Waals surface area (Å²) in [4.78, 5) is 0. The van der Waals surface area contributed by atoms with Gasteiger partial charge in [0.25, 0.3) is 0 Å². The molecule has 0 aliphatic carbocycles. The van der Waals surface area contributed by atoms with Gasteiger partial charge in [0.2, 0.25) is 0 Å². The molecule has 0 saturated carbocycles. The van der Waals surface area contributed by atoms with E-state index in [9.17, 15) is 0 Å². The summed E-state index contributed by atoms with van der Waals surface area (Å²) in [5.41, 5.74) is 9.71. The molecule has 1 heterocycles. The van der Waals surface area contributed by atoms with Crippen LogP contribution in [0.3, 0.4) is 0 Å². The third kappa shape index (κ3) is 2.94. The molecule has 0 aromatic heterocycles. The number of fused-ring (bicyclic) bond motifs is 1. The predicted octanol–water partition coefficient (Wildman–Crippen LogP) is 3.28. The zero-order valence-electron chi connectivity index (χ0n) is 13.9. The molecule has 0 bridgehead atoms. The maximum Gasteiger partial charge on any atom is 0.126 e. The zero-order valence-corrected chi connectivity index (χ0v) is 13.9. The van der Waals surface area contributed by atoms with Crippen molar-refractivity contribution in [1.82, 2.24) is 5.01 Å². The van der Waals surface area contributed by atoms with Crippen LogP contribution in [-0.2, 0) is 5.41 Å². The van der Waals surface area contributed by atoms with Gasteiger partial charge in [-0.2, -0.15) is 5.10 Å². The summed E-state index contributed by atoms with van der Waals surface area (Å²) in [7, 11) is 1.67. The molecule has 4 heteroatoms. The third-order valence-electron chi connectivity index (χ3n) is 4.39. The lowest BCUT2D eigenvalue weighted by molar-refractivity contribution is 0.166. The van der Waals surface area contributed by atoms with Crippen molar-refractivity contribution in [1.29, 1.82) is 0 Å². The molecule has 1 atom stereocenters. The highest BCUT2D eigenvalue weighted by Gasteiger charge is 2.30. The van der Waals surface area contributed by atoms with Crippen LogP contribution in [0.25, 0.3) is 0 Å². The van der Waals surface area contributed by atoms with Crippen LogP contribution in [0, 0.1) is 0 Å². The van der Waals surface area contributed by atoms with Crippen molar-refractivity contribution in [3.05, 3.63) is 65.2 Å². The van der Waals surface area contributed by atoms with Crippen LogP contribution in [0.5, 0.6) is 5.75 Å². The Morgan fingerprint density at radius 1 is 1.13 bits per heavy atom. The lowest BCUT2D eigenvalue weighted by Gasteiger charge is -2.37. The van der Waals surface area contributed by atoms with Crippen molar-refractivity contribution in [3.8, 4) is 5.75 Å². The molecular formula is C19H23N3O. The summed E-state index contributed by atoms with van der Waals surface area (Å²) in [6.45, 7) is 5.15. The van der Waals surface area contributed by atoms with E-state index in [1.54, 1.807) is 7.11 Å². The highest BCUT2D eigenvalue weighted by molar-refractivity contribution is 5.84. The average Bonchev–Trinajstić information content (AvgIpc) is 2.57. The molecule has 0 radical (unpaired) electrons. The summed E-state index contributed by atoms with van der Waals surface area (Å²) >= 11 is 0. The van der Waals surface area contributed by atoms with Crippen LogP contribution in [-0.4, -0.2) is 24.9 Å². The van der Waals surface area contributed by atoms with Crippen molar-refractivity contribution in [2.75, 3.05) is 13.7 Å². The van der Waals surface area contributed by atoms with Crippen LogP contribution in [0.1, 0.15) is 36.7 Å². The van der Waals surface area contributed by atoms with Gasteiger partial charge in [0.15, 0.2) is 0 Å². The van der Waals surface area contributed by atoms with E-state index in [-0.39, 0.29) is 11.6 Å². The lowest BCUT2D eigenvalue weighted by atomic mass is 9.84. The second kappa shape index (κ2) is 6.05. The summed E-state index contributed by atoms with van der Waals surface area (Å²) in [6.07, 6.45) is 1.55. The number of rotatable bonds is 4. The third-order valence-corrected chi connectivity index (χ3v) is 4.39. The van der Waals surface area contributed by atoms with Crippen molar-refractivity contribution < 1.29 is 4.74 Å². The minimum Gasteiger partial charge on any atom is -0.496 e. The van der Waals surface area contributed by atoms with Gasteiger partial charge in [0.05, 0.1) is 13.3 Å². The van der Waals surface area contributed by atoms with Crippen LogP contribution in [0.2, 0.25) is 0 Å². The zero-order chi connectivity index (χ0) is 16.4. The van der Waals surface area contributed by atoms with Crippen LogP contribution in [0.4, 0.5) is 0 Å². The number of methoxy groups -OCH3 is 1. The van der Waals surface area contributed by atoms with E-state index >= 15 is 0 Å². The van der Waals surface area contributed by atoms with Gasteiger partial charge in [-0.25, -0.2) is 0 Å². The maximum atomic E-state index is 6.48. The molecule has 23 heavy (non-hydrogen) atoms. The molecule has 1 unspecified atom stereocenters. The lowest BCUT2D eigenvalue weighted by Crippen LogP contribution is -2.41. The molecule has 2 aromatic carbocycles. The van der Waals surface area contributed by atoms with E-state index in [0.717, 1.165) is 23.4 Å². The molecule has 0 spiro atoms. The molecule has 0 saturated heterocycles. The normalized spacial score (nSPS) is 17.0. The van der Waals surface area contributed by atoms with Crippen molar-refractivity contribution in [2.24, 2.45) is 10.8 Å². The van der Waals surface area contributed by atoms with Crippen molar-refractivity contribution in [3.63, 3.8) is 0 Å². The van der Waals surface area contributed by atoms with Crippen LogP contribution in [0.15, 0.2) is 53.6 Å². The Morgan fingerprint density at radius 3 is 2.57 bits per heavy atom. The Hall–Kier alpha value is -2.33. The summed E-state index contributed by atoms with van der Waals surface area (Å²) < 4.78 is 5.48. The first-order valence-corrected chi connectivity index (χ1v) is 7.81. The number of hydrogen-bond donors (Lipinski definition) is 1. The summed E-state index contributed by atoms with van der Waals surface area (Å²) in [6, 6.07) is 16.4. The SMILES string of the molecule is COc1cccc2c1C(N)N(CC(C)(C)c1ccccc1)N=C2. The van der Waals surface area contributed by atoms with Gasteiger partial charge in [-0.05, 0) is 11.6 Å². The number of hydrogen-bond acceptors (Lipinski definition) is 4. The number of ether oxygens (including phenoxy) is 1. The quantitative estimate of drug-likeness (QED) is 0.943. The number of benzene rings is 2. The number of hydrazone groups is 1. The number of nitrogens with two attached hydrogens (primary N) is 1. The van der Waals surface area contributed by atoms with E-state index in [1.807, 2.05) is 35.5 Å². The Bertz CT molecular complexity index is 710. The summed E-state index contributed by atoms with van der Waals surface area (Å²) in [5, 5.41) is 6.51. The fourth-order valence-electron chi connectivity index (χ4n) is 3.05. The monoisotopic (exact) mass is 309 g/mol. The van der Waals surface area contributed by atoms with E-state index in [0.29, 0.717) is 0 Å². The summed E-state index contributed by atoms with van der Waals surface area (Å²) in [5.74, 6) is 0.809. The van der Waals surface area contributed by atoms with Crippen LogP contribution >= 0.6 is 0 Å². The van der Waals surface area contributed by atoms with Gasteiger partial charge in [0.1, 0.15) is 11.9 Å². The fraction of sp³-hybridized carbons (Fsp3) is 0.316. The standard InChI is InChI=1S/C19H23N3O/c1-19(2,15-9-5-4-6-10-15)13-22-18(20)17-14(12-21-22)8-7-11-16(17)23-3/h4-12,18H,13,20H2,1-3H3. The molecule has 4 nitrogen and oxygen atoms in total. The molecule has 3 rings (SSSR count). The maximum absolute atomic E-state index is 6.48. The number of nitrogens with zero attached hydrogens (tertiary/aromatic N) is 2. The first-order chi connectivity index (χ1) is 11.0. The Balaban J connectivity index is 1.88. The second-order valence-corrected chi connectivity index (χ2v) is 6.50. The second-order valence-electron chi connectivity index (χ2n) is 6.50. The fourth-order valence-corrected chi connectivity index (χ4v) is 3.05. The van der Waals surface area contributed by atoms with E-state index in [2.05, 4.69) is 43.2 Å². The highest BCUT2D eigenvalue weighted by Crippen LogP contribution is 2.34. The van der Waals surface area contributed by atoms with Gasteiger partial charge < -0.3 is 10.5 Å². The molecule has 0 amide bonds. The molecule has 1 aliphatic rings. The molecule has 120 valence electrons. The predicted molar refractivity (Wildman–Crippen MR) is 93.7 cm³/mol. The minimum atomic E-state index is -0.311. The van der Waals surface area contributed by atoms with Crippen molar-refractivity contribution >= 4 is 6.21 Å². The topological polar surface area (TPSA) is 50.9 Å². The molecule has 2 aromatic rings. The Labute approximate surface area is 137 Å². The molecule has 1 aliphatic heterocycles. The van der Waals surface area contributed by atoms with Crippen LogP contribution < -0.4 is 10.5 Å². The molecule has 0 fully saturated rings.